The molecule has 0 aliphatic heterocycles. The van der Waals surface area contributed by atoms with Crippen molar-refractivity contribution in [1.29, 1.82) is 0 Å². The van der Waals surface area contributed by atoms with Gasteiger partial charge in [0.2, 0.25) is 0 Å². The Hall–Kier alpha value is -0.880. The van der Waals surface area contributed by atoms with Crippen LogP contribution in [0.3, 0.4) is 0 Å². The van der Waals surface area contributed by atoms with Crippen LogP contribution >= 0.6 is 34.3 Å². The summed E-state index contributed by atoms with van der Waals surface area (Å²) in [6, 6.07) is 4.27. The van der Waals surface area contributed by atoms with Gasteiger partial charge in [-0.05, 0) is 31.4 Å². The fourth-order valence-electron chi connectivity index (χ4n) is 2.07. The van der Waals surface area contributed by atoms with Gasteiger partial charge in [-0.3, -0.25) is 4.68 Å². The van der Waals surface area contributed by atoms with Gasteiger partial charge in [0, 0.05) is 20.3 Å². The van der Waals surface area contributed by atoms with Crippen LogP contribution in [0.25, 0.3) is 9.40 Å². The lowest BCUT2D eigenvalue weighted by Crippen LogP contribution is -2.11. The third-order valence-electron chi connectivity index (χ3n) is 2.96. The normalized spacial score (nSPS) is 13.5. The molecule has 3 heterocycles. The quantitative estimate of drug-likeness (QED) is 0.774. The molecule has 3 aromatic heterocycles. The first-order valence-electron chi connectivity index (χ1n) is 5.96. The van der Waals surface area contributed by atoms with Crippen molar-refractivity contribution >= 4 is 43.7 Å². The topological polar surface area (TPSA) is 38.0 Å². The van der Waals surface area contributed by atoms with E-state index >= 15 is 0 Å². The van der Waals surface area contributed by atoms with Gasteiger partial charge in [0.15, 0.2) is 0 Å². The van der Waals surface area contributed by atoms with Gasteiger partial charge >= 0.3 is 0 Å². The zero-order valence-electron chi connectivity index (χ0n) is 10.5. The number of rotatable bonds is 3. The predicted octanol–water partition coefficient (Wildman–Crippen LogP) is 4.48. The SMILES string of the molecule is CC(C)n1ncc(Cl)c1C(O)c1cc2sccc2s1. The zero-order valence-corrected chi connectivity index (χ0v) is 12.9. The van der Waals surface area contributed by atoms with E-state index in [1.54, 1.807) is 33.6 Å². The standard InChI is InChI=1S/C13H13ClN2OS2/c1-7(2)16-12(8(14)6-15-16)13(17)11-5-10-9(19-11)3-4-18-10/h3-7,13,17H,1-2H3. The van der Waals surface area contributed by atoms with Crippen molar-refractivity contribution in [2.75, 3.05) is 0 Å². The van der Waals surface area contributed by atoms with E-state index in [-0.39, 0.29) is 6.04 Å². The lowest BCUT2D eigenvalue weighted by molar-refractivity contribution is 0.209. The third-order valence-corrected chi connectivity index (χ3v) is 5.40. The predicted molar refractivity (Wildman–Crippen MR) is 81.4 cm³/mol. The van der Waals surface area contributed by atoms with Crippen molar-refractivity contribution in [3.8, 4) is 0 Å². The molecule has 0 bridgehead atoms. The lowest BCUT2D eigenvalue weighted by atomic mass is 10.2. The Morgan fingerprint density at radius 3 is 2.84 bits per heavy atom. The lowest BCUT2D eigenvalue weighted by Gasteiger charge is -2.15. The summed E-state index contributed by atoms with van der Waals surface area (Å²) >= 11 is 9.45. The number of hydrogen-bond acceptors (Lipinski definition) is 4. The van der Waals surface area contributed by atoms with Crippen LogP contribution in [-0.2, 0) is 0 Å². The van der Waals surface area contributed by atoms with Crippen LogP contribution in [0.2, 0.25) is 5.02 Å². The first kappa shape index (κ1) is 13.1. The van der Waals surface area contributed by atoms with Gasteiger partial charge in [-0.2, -0.15) is 5.10 Å². The van der Waals surface area contributed by atoms with Crippen LogP contribution in [0.4, 0.5) is 0 Å². The summed E-state index contributed by atoms with van der Waals surface area (Å²) in [6.07, 6.45) is 0.873. The Kier molecular flexibility index (Phi) is 3.39. The van der Waals surface area contributed by atoms with Crippen LogP contribution < -0.4 is 0 Å². The summed E-state index contributed by atoms with van der Waals surface area (Å²) < 4.78 is 4.18. The molecule has 3 nitrogen and oxygen atoms in total. The van der Waals surface area contributed by atoms with Gasteiger partial charge in [-0.25, -0.2) is 0 Å². The van der Waals surface area contributed by atoms with E-state index in [9.17, 15) is 5.11 Å². The van der Waals surface area contributed by atoms with Crippen molar-refractivity contribution in [2.24, 2.45) is 0 Å². The summed E-state index contributed by atoms with van der Waals surface area (Å²) in [5.74, 6) is 0. The van der Waals surface area contributed by atoms with Crippen LogP contribution in [0.15, 0.2) is 23.7 Å². The van der Waals surface area contributed by atoms with E-state index in [0.29, 0.717) is 10.7 Å². The molecule has 0 aliphatic rings. The van der Waals surface area contributed by atoms with Crippen LogP contribution in [0, 0.1) is 0 Å². The highest BCUT2D eigenvalue weighted by Crippen LogP contribution is 2.38. The van der Waals surface area contributed by atoms with Gasteiger partial charge in [-0.15, -0.1) is 22.7 Å². The summed E-state index contributed by atoms with van der Waals surface area (Å²) in [5, 5.41) is 17.4. The van der Waals surface area contributed by atoms with Crippen molar-refractivity contribution in [2.45, 2.75) is 26.0 Å². The number of nitrogens with zero attached hydrogens (tertiary/aromatic N) is 2. The molecule has 100 valence electrons. The van der Waals surface area contributed by atoms with E-state index in [1.807, 2.05) is 19.9 Å². The number of hydrogen-bond donors (Lipinski definition) is 1. The molecule has 0 radical (unpaired) electrons. The van der Waals surface area contributed by atoms with Crippen LogP contribution in [-0.4, -0.2) is 14.9 Å². The van der Waals surface area contributed by atoms with Crippen LogP contribution in [0.1, 0.15) is 36.6 Å². The summed E-state index contributed by atoms with van der Waals surface area (Å²) in [4.78, 5) is 0.908. The minimum absolute atomic E-state index is 0.165. The van der Waals surface area contributed by atoms with Crippen LogP contribution in [0.5, 0.6) is 0 Å². The fourth-order valence-corrected chi connectivity index (χ4v) is 4.42. The largest absolute Gasteiger partial charge is 0.381 e. The number of aliphatic hydroxyl groups excluding tert-OH is 1. The Morgan fingerprint density at radius 1 is 1.37 bits per heavy atom. The van der Waals surface area contributed by atoms with E-state index in [1.165, 1.54) is 9.40 Å². The van der Waals surface area contributed by atoms with Gasteiger partial charge in [0.05, 0.1) is 16.9 Å². The molecule has 0 spiro atoms. The number of fused-ring (bicyclic) bond motifs is 1. The molecule has 0 aliphatic carbocycles. The molecule has 0 saturated heterocycles. The Morgan fingerprint density at radius 2 is 2.16 bits per heavy atom. The van der Waals surface area contributed by atoms with E-state index < -0.39 is 6.10 Å². The highest BCUT2D eigenvalue weighted by Gasteiger charge is 2.23. The maximum Gasteiger partial charge on any atom is 0.131 e. The highest BCUT2D eigenvalue weighted by atomic mass is 35.5. The molecule has 6 heteroatoms. The van der Waals surface area contributed by atoms with Gasteiger partial charge < -0.3 is 5.11 Å². The first-order chi connectivity index (χ1) is 9.08. The minimum atomic E-state index is -0.720. The van der Waals surface area contributed by atoms with E-state index in [2.05, 4.69) is 16.5 Å². The van der Waals surface area contributed by atoms with Gasteiger partial charge in [0.1, 0.15) is 6.10 Å². The second-order valence-corrected chi connectivity index (χ2v) is 7.09. The minimum Gasteiger partial charge on any atom is -0.381 e. The average molecular weight is 313 g/mol. The van der Waals surface area contributed by atoms with Crippen molar-refractivity contribution in [1.82, 2.24) is 9.78 Å². The molecular formula is C13H13ClN2OS2. The van der Waals surface area contributed by atoms with Crippen molar-refractivity contribution in [3.63, 3.8) is 0 Å². The monoisotopic (exact) mass is 312 g/mol. The smallest absolute Gasteiger partial charge is 0.131 e. The van der Waals surface area contributed by atoms with Gasteiger partial charge in [-0.1, -0.05) is 11.6 Å². The average Bonchev–Trinajstić information content (AvgIpc) is 3.00. The number of thiophene rings is 2. The molecule has 3 rings (SSSR count). The summed E-state index contributed by atoms with van der Waals surface area (Å²) in [5.41, 5.74) is 0.672. The third kappa shape index (κ3) is 2.21. The molecule has 3 aromatic rings. The highest BCUT2D eigenvalue weighted by molar-refractivity contribution is 7.26. The number of halogens is 1. The number of aliphatic hydroxyl groups is 1. The summed E-state index contributed by atoms with van der Waals surface area (Å²) in [6.45, 7) is 4.04. The fraction of sp³-hybridized carbons (Fsp3) is 0.308. The molecule has 1 atom stereocenters. The van der Waals surface area contributed by atoms with Crippen molar-refractivity contribution in [3.05, 3.63) is 39.3 Å². The molecule has 0 saturated carbocycles. The molecular weight excluding hydrogens is 300 g/mol. The summed E-state index contributed by atoms with van der Waals surface area (Å²) in [7, 11) is 0. The van der Waals surface area contributed by atoms with E-state index in [4.69, 9.17) is 11.6 Å². The Balaban J connectivity index is 2.06. The second kappa shape index (κ2) is 4.90. The Labute approximate surface area is 124 Å². The maximum absolute atomic E-state index is 10.6. The molecule has 19 heavy (non-hydrogen) atoms. The molecule has 1 unspecified atom stereocenters. The number of aromatic nitrogens is 2. The molecule has 1 N–H and O–H groups in total. The van der Waals surface area contributed by atoms with Gasteiger partial charge in [0.25, 0.3) is 0 Å². The molecule has 0 fully saturated rings. The molecule has 0 amide bonds. The van der Waals surface area contributed by atoms with E-state index in [0.717, 1.165) is 4.88 Å². The second-order valence-electron chi connectivity index (χ2n) is 4.62. The molecule has 0 aromatic carbocycles. The Bertz CT molecular complexity index is 685. The maximum atomic E-state index is 10.6. The first-order valence-corrected chi connectivity index (χ1v) is 8.03. The zero-order chi connectivity index (χ0) is 13.6. The van der Waals surface area contributed by atoms with Crippen molar-refractivity contribution < 1.29 is 5.11 Å².